The molecule has 1 aromatic rings. The first kappa shape index (κ1) is 16.3. The maximum Gasteiger partial charge on any atom is 0.330 e. The van der Waals surface area contributed by atoms with Crippen molar-refractivity contribution in [1.29, 1.82) is 0 Å². The maximum atomic E-state index is 13.3. The molecule has 0 aliphatic rings. The summed E-state index contributed by atoms with van der Waals surface area (Å²) in [4.78, 5) is 0. The van der Waals surface area contributed by atoms with E-state index in [1.165, 1.54) is 12.1 Å². The third-order valence-corrected chi connectivity index (χ3v) is 2.70. The molecule has 1 aromatic carbocycles. The fourth-order valence-electron chi connectivity index (χ4n) is 1.23. The Bertz CT molecular complexity index is 428. The van der Waals surface area contributed by atoms with Crippen molar-refractivity contribution in [2.45, 2.75) is 18.5 Å². The van der Waals surface area contributed by atoms with Gasteiger partial charge in [-0.05, 0) is 18.2 Å². The lowest BCUT2D eigenvalue weighted by atomic mass is 10.1. The van der Waals surface area contributed by atoms with Crippen molar-refractivity contribution >= 4 is 15.9 Å². The normalized spacial score (nSPS) is 13.9. The Hall–Kier alpha value is -0.730. The molecule has 1 N–H and O–H groups in total. The van der Waals surface area contributed by atoms with Crippen LogP contribution in [0.1, 0.15) is 11.7 Å². The smallest absolute Gasteiger partial charge is 0.330 e. The van der Waals surface area contributed by atoms with Crippen LogP contribution in [-0.2, 0) is 4.74 Å². The Morgan fingerprint density at radius 1 is 1.32 bits per heavy atom. The van der Waals surface area contributed by atoms with Crippen molar-refractivity contribution in [1.82, 2.24) is 0 Å². The molecule has 108 valence electrons. The Labute approximate surface area is 114 Å². The lowest BCUT2D eigenvalue weighted by Crippen LogP contribution is -2.33. The number of aliphatic hydroxyl groups is 1. The zero-order valence-corrected chi connectivity index (χ0v) is 11.0. The summed E-state index contributed by atoms with van der Waals surface area (Å²) in [6.07, 6.45) is -5.38. The summed E-state index contributed by atoms with van der Waals surface area (Å²) in [6.45, 7) is -2.26. The van der Waals surface area contributed by atoms with Gasteiger partial charge in [-0.15, -0.1) is 0 Å². The van der Waals surface area contributed by atoms with E-state index in [2.05, 4.69) is 20.7 Å². The highest BCUT2D eigenvalue weighted by atomic mass is 79.9. The summed E-state index contributed by atoms with van der Waals surface area (Å²) < 4.78 is 66.7. The van der Waals surface area contributed by atoms with Crippen molar-refractivity contribution in [2.75, 3.05) is 13.2 Å². The second-order valence-corrected chi connectivity index (χ2v) is 4.67. The second kappa shape index (κ2) is 6.62. The molecule has 1 unspecified atom stereocenters. The van der Waals surface area contributed by atoms with Crippen LogP contribution < -0.4 is 0 Å². The number of aliphatic hydroxyl groups excluding tert-OH is 1. The number of alkyl halides is 4. The van der Waals surface area contributed by atoms with E-state index in [4.69, 9.17) is 0 Å². The van der Waals surface area contributed by atoms with Gasteiger partial charge >= 0.3 is 12.3 Å². The topological polar surface area (TPSA) is 29.5 Å². The summed E-state index contributed by atoms with van der Waals surface area (Å²) in [7, 11) is 0. The fraction of sp³-hybridized carbons (Fsp3) is 0.455. The van der Waals surface area contributed by atoms with E-state index in [1.807, 2.05) is 0 Å². The lowest BCUT2D eigenvalue weighted by Gasteiger charge is -2.17. The number of ether oxygens (including phenoxy) is 1. The Morgan fingerprint density at radius 2 is 1.95 bits per heavy atom. The van der Waals surface area contributed by atoms with Crippen molar-refractivity contribution in [3.8, 4) is 0 Å². The highest BCUT2D eigenvalue weighted by Gasteiger charge is 2.41. The molecule has 0 saturated heterocycles. The molecule has 0 amide bonds. The molecule has 0 radical (unpaired) electrons. The first-order valence-corrected chi connectivity index (χ1v) is 5.90. The molecular formula is C11H10BrF5O2. The molecule has 0 saturated carbocycles. The molecule has 0 bridgehead atoms. The van der Waals surface area contributed by atoms with Gasteiger partial charge in [0.15, 0.2) is 0 Å². The van der Waals surface area contributed by atoms with Crippen LogP contribution in [-0.4, -0.2) is 30.7 Å². The summed E-state index contributed by atoms with van der Waals surface area (Å²) in [6, 6.07) is 3.70. The molecular weight excluding hydrogens is 339 g/mol. The van der Waals surface area contributed by atoms with Crippen LogP contribution in [0.3, 0.4) is 0 Å². The molecule has 19 heavy (non-hydrogen) atoms. The van der Waals surface area contributed by atoms with E-state index in [1.54, 1.807) is 0 Å². The van der Waals surface area contributed by atoms with Gasteiger partial charge in [0.1, 0.15) is 18.5 Å². The van der Waals surface area contributed by atoms with Crippen molar-refractivity contribution in [3.05, 3.63) is 34.1 Å². The van der Waals surface area contributed by atoms with Crippen molar-refractivity contribution in [2.24, 2.45) is 0 Å². The van der Waals surface area contributed by atoms with Gasteiger partial charge < -0.3 is 9.84 Å². The SMILES string of the molecule is OC(COCC(F)(F)C(F)F)c1cc(Br)ccc1F. The van der Waals surface area contributed by atoms with E-state index < -0.39 is 37.5 Å². The van der Waals surface area contributed by atoms with Crippen LogP contribution in [0.5, 0.6) is 0 Å². The summed E-state index contributed by atoms with van der Waals surface area (Å²) in [5, 5.41) is 9.54. The van der Waals surface area contributed by atoms with Gasteiger partial charge in [0.25, 0.3) is 0 Å². The number of hydrogen-bond donors (Lipinski definition) is 1. The quantitative estimate of drug-likeness (QED) is 0.797. The highest BCUT2D eigenvalue weighted by molar-refractivity contribution is 9.10. The van der Waals surface area contributed by atoms with Crippen LogP contribution in [0, 0.1) is 5.82 Å². The average molecular weight is 349 g/mol. The first-order chi connectivity index (χ1) is 8.74. The van der Waals surface area contributed by atoms with E-state index in [0.29, 0.717) is 4.47 Å². The minimum atomic E-state index is -4.30. The van der Waals surface area contributed by atoms with Crippen LogP contribution >= 0.6 is 15.9 Å². The Morgan fingerprint density at radius 3 is 2.53 bits per heavy atom. The van der Waals surface area contributed by atoms with Crippen LogP contribution in [0.25, 0.3) is 0 Å². The average Bonchev–Trinajstić information content (AvgIpc) is 2.31. The molecule has 8 heteroatoms. The van der Waals surface area contributed by atoms with Crippen molar-refractivity contribution < 1.29 is 31.8 Å². The third-order valence-electron chi connectivity index (χ3n) is 2.21. The summed E-state index contributed by atoms with van der Waals surface area (Å²) in [5.74, 6) is -5.05. The van der Waals surface area contributed by atoms with E-state index >= 15 is 0 Å². The fourth-order valence-corrected chi connectivity index (χ4v) is 1.61. The molecule has 2 nitrogen and oxygen atoms in total. The standard InChI is InChI=1S/C11H10BrF5O2/c12-6-1-2-8(13)7(3-6)9(18)4-19-5-11(16,17)10(14)15/h1-3,9-10,18H,4-5H2. The van der Waals surface area contributed by atoms with Crippen LogP contribution in [0.15, 0.2) is 22.7 Å². The van der Waals surface area contributed by atoms with Gasteiger partial charge in [-0.3, -0.25) is 0 Å². The predicted octanol–water partition coefficient (Wildman–Crippen LogP) is 3.54. The van der Waals surface area contributed by atoms with E-state index in [9.17, 15) is 27.1 Å². The van der Waals surface area contributed by atoms with Gasteiger partial charge in [-0.25, -0.2) is 13.2 Å². The number of rotatable bonds is 6. The molecule has 0 aliphatic carbocycles. The Balaban J connectivity index is 2.56. The van der Waals surface area contributed by atoms with Crippen LogP contribution in [0.2, 0.25) is 0 Å². The molecule has 0 spiro atoms. The molecule has 0 aromatic heterocycles. The zero-order valence-electron chi connectivity index (χ0n) is 9.42. The predicted molar refractivity (Wildman–Crippen MR) is 60.8 cm³/mol. The number of benzene rings is 1. The highest BCUT2D eigenvalue weighted by Crippen LogP contribution is 2.25. The molecule has 0 heterocycles. The van der Waals surface area contributed by atoms with E-state index in [0.717, 1.165) is 6.07 Å². The molecule has 1 atom stereocenters. The largest absolute Gasteiger partial charge is 0.386 e. The summed E-state index contributed by atoms with van der Waals surface area (Å²) in [5.41, 5.74) is -0.172. The number of halogens is 6. The van der Waals surface area contributed by atoms with Crippen LogP contribution in [0.4, 0.5) is 22.0 Å². The van der Waals surface area contributed by atoms with Gasteiger partial charge in [0, 0.05) is 10.0 Å². The zero-order chi connectivity index (χ0) is 14.6. The minimum absolute atomic E-state index is 0.172. The molecule has 1 rings (SSSR count). The minimum Gasteiger partial charge on any atom is -0.386 e. The Kier molecular flexibility index (Phi) is 5.69. The molecule has 0 aliphatic heterocycles. The van der Waals surface area contributed by atoms with Gasteiger partial charge in [-0.1, -0.05) is 15.9 Å². The van der Waals surface area contributed by atoms with Gasteiger partial charge in [0.05, 0.1) is 6.61 Å². The summed E-state index contributed by atoms with van der Waals surface area (Å²) >= 11 is 3.05. The second-order valence-electron chi connectivity index (χ2n) is 3.76. The first-order valence-electron chi connectivity index (χ1n) is 5.11. The van der Waals surface area contributed by atoms with Gasteiger partial charge in [-0.2, -0.15) is 8.78 Å². The maximum absolute atomic E-state index is 13.3. The number of hydrogen-bond acceptors (Lipinski definition) is 2. The molecule has 0 fully saturated rings. The monoisotopic (exact) mass is 348 g/mol. The third kappa shape index (κ3) is 4.70. The lowest BCUT2D eigenvalue weighted by molar-refractivity contribution is -0.170. The van der Waals surface area contributed by atoms with Crippen molar-refractivity contribution in [3.63, 3.8) is 0 Å². The van der Waals surface area contributed by atoms with E-state index in [-0.39, 0.29) is 5.56 Å². The van der Waals surface area contributed by atoms with Gasteiger partial charge in [0.2, 0.25) is 0 Å².